The average Bonchev–Trinajstić information content (AvgIpc) is 2.47. The first-order valence-electron chi connectivity index (χ1n) is 6.17. The van der Waals surface area contributed by atoms with Crippen LogP contribution in [0.1, 0.15) is 12.5 Å². The molecule has 122 valence electrons. The Hall–Kier alpha value is -3.09. The van der Waals surface area contributed by atoms with Crippen LogP contribution < -0.4 is 10.7 Å². The number of ether oxygens (including phenoxy) is 1. The van der Waals surface area contributed by atoms with Gasteiger partial charge in [0.15, 0.2) is 0 Å². The molecule has 0 aliphatic carbocycles. The lowest BCUT2D eigenvalue weighted by molar-refractivity contribution is -0.137. The Morgan fingerprint density at radius 3 is 2.65 bits per heavy atom. The molecule has 2 amide bonds. The number of nitriles is 1. The minimum Gasteiger partial charge on any atom is -0.450 e. The quantitative estimate of drug-likeness (QED) is 0.652. The molecule has 2 N–H and O–H groups in total. The highest BCUT2D eigenvalue weighted by Gasteiger charge is 2.30. The molecule has 1 aromatic rings. The minimum atomic E-state index is -4.54. The first-order chi connectivity index (χ1) is 10.8. The first kappa shape index (κ1) is 18.0. The zero-order valence-corrected chi connectivity index (χ0v) is 11.8. The Labute approximate surface area is 128 Å². The Balaban J connectivity index is 2.83. The molecule has 0 fully saturated rings. The third-order valence-corrected chi connectivity index (χ3v) is 2.30. The van der Waals surface area contributed by atoms with Gasteiger partial charge in [-0.05, 0) is 25.1 Å². The maximum Gasteiger partial charge on any atom is 0.416 e. The van der Waals surface area contributed by atoms with Crippen LogP contribution in [-0.4, -0.2) is 24.3 Å². The number of hydrogen-bond acceptors (Lipinski definition) is 6. The van der Waals surface area contributed by atoms with E-state index in [1.54, 1.807) is 5.32 Å². The van der Waals surface area contributed by atoms with Crippen LogP contribution in [0, 0.1) is 11.3 Å². The molecule has 0 heterocycles. The lowest BCUT2D eigenvalue weighted by Crippen LogP contribution is -2.36. The van der Waals surface area contributed by atoms with Gasteiger partial charge >= 0.3 is 12.3 Å². The fourth-order valence-electron chi connectivity index (χ4n) is 1.33. The van der Waals surface area contributed by atoms with Crippen molar-refractivity contribution in [2.24, 2.45) is 5.10 Å². The Bertz CT molecular complexity index is 665. The summed E-state index contributed by atoms with van der Waals surface area (Å²) in [6.45, 7) is 1.53. The predicted octanol–water partition coefficient (Wildman–Crippen LogP) is 2.27. The van der Waals surface area contributed by atoms with Crippen molar-refractivity contribution < 1.29 is 27.5 Å². The molecule has 0 saturated carbocycles. The van der Waals surface area contributed by atoms with Gasteiger partial charge in [0, 0.05) is 0 Å². The summed E-state index contributed by atoms with van der Waals surface area (Å²) in [6, 6.07) is 5.41. The molecule has 23 heavy (non-hydrogen) atoms. The summed E-state index contributed by atoms with van der Waals surface area (Å²) in [6.07, 6.45) is -5.61. The zero-order chi connectivity index (χ0) is 17.5. The number of carbonyl (C=O) groups is 2. The third kappa shape index (κ3) is 5.66. The smallest absolute Gasteiger partial charge is 0.416 e. The molecule has 0 atom stereocenters. The van der Waals surface area contributed by atoms with Crippen molar-refractivity contribution >= 4 is 23.4 Å². The number of benzene rings is 1. The van der Waals surface area contributed by atoms with Crippen molar-refractivity contribution in [3.63, 3.8) is 0 Å². The van der Waals surface area contributed by atoms with Crippen LogP contribution >= 0.6 is 0 Å². The summed E-state index contributed by atoms with van der Waals surface area (Å²) in [4.78, 5) is 22.6. The summed E-state index contributed by atoms with van der Waals surface area (Å²) in [5, 5.41) is 13.9. The molecule has 0 aliphatic rings. The number of hydrazone groups is 1. The monoisotopic (exact) mass is 328 g/mol. The Morgan fingerprint density at radius 2 is 2.09 bits per heavy atom. The highest BCUT2D eigenvalue weighted by Crippen LogP contribution is 2.30. The second kappa shape index (κ2) is 7.79. The summed E-state index contributed by atoms with van der Waals surface area (Å²) in [5.41, 5.74) is 0.382. The predicted molar refractivity (Wildman–Crippen MR) is 73.3 cm³/mol. The summed E-state index contributed by atoms with van der Waals surface area (Å²) >= 11 is 0. The largest absolute Gasteiger partial charge is 0.450 e. The van der Waals surface area contributed by atoms with Crippen molar-refractivity contribution in [3.8, 4) is 6.07 Å². The van der Waals surface area contributed by atoms with E-state index in [0.717, 1.165) is 18.2 Å². The van der Waals surface area contributed by atoms with Gasteiger partial charge in [-0.15, -0.1) is 0 Å². The fourth-order valence-corrected chi connectivity index (χ4v) is 1.33. The summed E-state index contributed by atoms with van der Waals surface area (Å²) in [7, 11) is 0. The number of anilines is 1. The number of nitrogens with one attached hydrogen (secondary N) is 2. The molecule has 0 aromatic heterocycles. The average molecular weight is 328 g/mol. The van der Waals surface area contributed by atoms with Gasteiger partial charge in [-0.1, -0.05) is 6.07 Å². The van der Waals surface area contributed by atoms with Crippen LogP contribution in [0.2, 0.25) is 0 Å². The van der Waals surface area contributed by atoms with Gasteiger partial charge in [0.05, 0.1) is 17.9 Å². The van der Waals surface area contributed by atoms with E-state index in [9.17, 15) is 22.8 Å². The van der Waals surface area contributed by atoms with Crippen molar-refractivity contribution in [1.29, 1.82) is 5.26 Å². The number of nitrogens with zero attached hydrogens (tertiary/aromatic N) is 2. The Kier molecular flexibility index (Phi) is 6.08. The topological polar surface area (TPSA) is 104 Å². The van der Waals surface area contributed by atoms with Crippen LogP contribution in [0.5, 0.6) is 0 Å². The summed E-state index contributed by atoms with van der Waals surface area (Å²) in [5.74, 6) is -1.15. The number of amides is 2. The molecular weight excluding hydrogens is 317 g/mol. The van der Waals surface area contributed by atoms with E-state index in [1.165, 1.54) is 19.1 Å². The molecule has 0 spiro atoms. The van der Waals surface area contributed by atoms with Crippen LogP contribution in [0.3, 0.4) is 0 Å². The number of imide groups is 1. The third-order valence-electron chi connectivity index (χ3n) is 2.30. The number of halogens is 3. The van der Waals surface area contributed by atoms with Crippen molar-refractivity contribution in [3.05, 3.63) is 29.8 Å². The van der Waals surface area contributed by atoms with Gasteiger partial charge in [0.1, 0.15) is 6.07 Å². The second-order valence-electron chi connectivity index (χ2n) is 3.94. The molecule has 0 saturated heterocycles. The normalized spacial score (nSPS) is 11.3. The van der Waals surface area contributed by atoms with E-state index in [0.29, 0.717) is 0 Å². The highest BCUT2D eigenvalue weighted by atomic mass is 19.4. The SMILES string of the molecule is CCOC(=O)NC(=O)/C(C#N)=N/Nc1cccc(C(F)(F)F)c1. The zero-order valence-electron chi connectivity index (χ0n) is 11.8. The van der Waals surface area contributed by atoms with Crippen LogP contribution in [-0.2, 0) is 15.7 Å². The number of hydrogen-bond donors (Lipinski definition) is 2. The maximum absolute atomic E-state index is 12.5. The molecule has 0 unspecified atom stereocenters. The molecule has 1 rings (SSSR count). The molecule has 0 bridgehead atoms. The van der Waals surface area contributed by atoms with Crippen molar-refractivity contribution in [2.45, 2.75) is 13.1 Å². The van der Waals surface area contributed by atoms with E-state index < -0.39 is 29.5 Å². The van der Waals surface area contributed by atoms with Crippen molar-refractivity contribution in [2.75, 3.05) is 12.0 Å². The van der Waals surface area contributed by atoms with Crippen LogP contribution in [0.15, 0.2) is 29.4 Å². The molecule has 10 heteroatoms. The van der Waals surface area contributed by atoms with E-state index in [1.807, 2.05) is 0 Å². The summed E-state index contributed by atoms with van der Waals surface area (Å²) < 4.78 is 42.1. The van der Waals surface area contributed by atoms with E-state index in [2.05, 4.69) is 15.3 Å². The minimum absolute atomic E-state index is 0.0145. The van der Waals surface area contributed by atoms with Crippen molar-refractivity contribution in [1.82, 2.24) is 5.32 Å². The molecular formula is C13H11F3N4O3. The van der Waals surface area contributed by atoms with Gasteiger partial charge < -0.3 is 4.74 Å². The fraction of sp³-hybridized carbons (Fsp3) is 0.231. The highest BCUT2D eigenvalue weighted by molar-refractivity contribution is 6.46. The van der Waals surface area contributed by atoms with E-state index >= 15 is 0 Å². The lowest BCUT2D eigenvalue weighted by atomic mass is 10.2. The molecule has 0 aliphatic heterocycles. The van der Waals surface area contributed by atoms with Gasteiger partial charge in [0.2, 0.25) is 5.71 Å². The lowest BCUT2D eigenvalue weighted by Gasteiger charge is -2.08. The maximum atomic E-state index is 12.5. The second-order valence-corrected chi connectivity index (χ2v) is 3.94. The van der Waals surface area contributed by atoms with Gasteiger partial charge in [0.25, 0.3) is 5.91 Å². The number of carbonyl (C=O) groups excluding carboxylic acids is 2. The van der Waals surface area contributed by atoms with Gasteiger partial charge in [-0.3, -0.25) is 15.5 Å². The number of rotatable bonds is 4. The number of alkyl carbamates (subject to hydrolysis) is 1. The van der Waals surface area contributed by atoms with Gasteiger partial charge in [-0.25, -0.2) is 4.79 Å². The Morgan fingerprint density at radius 1 is 1.39 bits per heavy atom. The molecule has 7 nitrogen and oxygen atoms in total. The van der Waals surface area contributed by atoms with Crippen LogP contribution in [0.4, 0.5) is 23.7 Å². The van der Waals surface area contributed by atoms with E-state index in [-0.39, 0.29) is 12.3 Å². The standard InChI is InChI=1S/C13H11F3N4O3/c1-2-23-12(22)18-11(21)10(7-17)20-19-9-5-3-4-8(6-9)13(14,15)16/h3-6,19H,2H2,1H3,(H,18,21,22)/b20-10+. The van der Waals surface area contributed by atoms with Crippen LogP contribution in [0.25, 0.3) is 0 Å². The van der Waals surface area contributed by atoms with Gasteiger partial charge in [-0.2, -0.15) is 23.5 Å². The number of alkyl halides is 3. The van der Waals surface area contributed by atoms with E-state index in [4.69, 9.17) is 5.26 Å². The first-order valence-corrected chi connectivity index (χ1v) is 6.17. The molecule has 1 aromatic carbocycles. The molecule has 0 radical (unpaired) electrons.